The third kappa shape index (κ3) is 3.25. The Kier molecular flexibility index (Phi) is 4.56. The molecular formula is C14H7Br2Cl2F3N2O. The number of benzene rings is 1. The van der Waals surface area contributed by atoms with E-state index in [4.69, 9.17) is 23.2 Å². The Morgan fingerprint density at radius 1 is 1.29 bits per heavy atom. The third-order valence-electron chi connectivity index (χ3n) is 3.66. The fourth-order valence-electron chi connectivity index (χ4n) is 2.37. The van der Waals surface area contributed by atoms with Crippen molar-refractivity contribution in [1.29, 1.82) is 0 Å². The Balaban J connectivity index is 2.09. The van der Waals surface area contributed by atoms with E-state index >= 15 is 0 Å². The van der Waals surface area contributed by atoms with Gasteiger partial charge in [-0.05, 0) is 18.6 Å². The molecule has 3 nitrogen and oxygen atoms in total. The number of nitrogens with zero attached hydrogens (tertiary/aromatic N) is 2. The number of alkyl halides is 5. The van der Waals surface area contributed by atoms with E-state index in [9.17, 15) is 18.0 Å². The fraction of sp³-hybridized carbons (Fsp3) is 0.286. The molecule has 10 heteroatoms. The van der Waals surface area contributed by atoms with Crippen LogP contribution < -0.4 is 0 Å². The molecule has 1 unspecified atom stereocenters. The largest absolute Gasteiger partial charge is 0.416 e. The monoisotopic (exact) mass is 504 g/mol. The van der Waals surface area contributed by atoms with Gasteiger partial charge in [0.25, 0.3) is 0 Å². The lowest BCUT2D eigenvalue weighted by Crippen LogP contribution is -2.07. The van der Waals surface area contributed by atoms with Gasteiger partial charge in [-0.15, -0.1) is 0 Å². The molecule has 1 heterocycles. The normalized spacial score (nSPS) is 19.4. The summed E-state index contributed by atoms with van der Waals surface area (Å²) in [7, 11) is 0. The summed E-state index contributed by atoms with van der Waals surface area (Å²) in [5, 5.41) is 3.68. The number of hydrogen-bond donors (Lipinski definition) is 0. The van der Waals surface area contributed by atoms with Gasteiger partial charge in [0.2, 0.25) is 0 Å². The fourth-order valence-corrected chi connectivity index (χ4v) is 4.17. The summed E-state index contributed by atoms with van der Waals surface area (Å²) in [5.74, 6) is 0.0125. The maximum atomic E-state index is 12.8. The topological polar surface area (TPSA) is 34.9 Å². The van der Waals surface area contributed by atoms with Crippen LogP contribution in [0.4, 0.5) is 13.2 Å². The number of aromatic nitrogens is 2. The van der Waals surface area contributed by atoms with Crippen LogP contribution in [0.3, 0.4) is 0 Å². The molecule has 128 valence electrons. The Labute approximate surface area is 161 Å². The van der Waals surface area contributed by atoms with Crippen LogP contribution in [0.5, 0.6) is 0 Å². The summed E-state index contributed by atoms with van der Waals surface area (Å²) in [6, 6.07) is 1.56. The van der Waals surface area contributed by atoms with Gasteiger partial charge in [-0.1, -0.05) is 55.1 Å². The summed E-state index contributed by atoms with van der Waals surface area (Å²) >= 11 is 18.9. The van der Waals surface area contributed by atoms with Gasteiger partial charge in [0, 0.05) is 17.7 Å². The van der Waals surface area contributed by atoms with Gasteiger partial charge in [0.1, 0.15) is 11.4 Å². The number of halogens is 7. The molecule has 1 aromatic heterocycles. The van der Waals surface area contributed by atoms with Crippen molar-refractivity contribution >= 4 is 61.3 Å². The zero-order valence-electron chi connectivity index (χ0n) is 11.5. The van der Waals surface area contributed by atoms with Crippen LogP contribution in [0, 0.1) is 0 Å². The number of carbonyl (C=O) groups excluding carboxylic acids is 1. The second-order valence-electron chi connectivity index (χ2n) is 5.34. The first-order chi connectivity index (χ1) is 11.0. The Bertz CT molecular complexity index is 813. The van der Waals surface area contributed by atoms with E-state index < -0.39 is 11.7 Å². The molecule has 0 radical (unpaired) electrons. The molecule has 1 aliphatic carbocycles. The van der Waals surface area contributed by atoms with Crippen molar-refractivity contribution in [3.63, 3.8) is 0 Å². The highest BCUT2D eigenvalue weighted by atomic mass is 79.9. The smallest absolute Gasteiger partial charge is 0.296 e. The van der Waals surface area contributed by atoms with E-state index in [-0.39, 0.29) is 30.6 Å². The van der Waals surface area contributed by atoms with Crippen molar-refractivity contribution in [3.8, 4) is 5.69 Å². The lowest BCUT2D eigenvalue weighted by atomic mass is 10.1. The molecule has 1 atom stereocenters. The van der Waals surface area contributed by atoms with Crippen molar-refractivity contribution in [3.05, 3.63) is 45.2 Å². The number of hydrogen-bond acceptors (Lipinski definition) is 2. The minimum absolute atomic E-state index is 0.0125. The average Bonchev–Trinajstić information content (AvgIpc) is 2.91. The first kappa shape index (κ1) is 18.2. The first-order valence-electron chi connectivity index (χ1n) is 6.54. The summed E-state index contributed by atoms with van der Waals surface area (Å²) in [4.78, 5) is 11.2. The van der Waals surface area contributed by atoms with Crippen LogP contribution in [0.1, 0.15) is 34.0 Å². The quantitative estimate of drug-likeness (QED) is 0.379. The Morgan fingerprint density at radius 3 is 2.25 bits per heavy atom. The SMILES string of the molecule is O=Cc1nn(-c2c(Cl)cc(C(F)(F)F)cc2Cl)cc1C1CC1(Br)Br. The number of carbonyl (C=O) groups is 1. The van der Waals surface area contributed by atoms with Crippen LogP contribution in [-0.4, -0.2) is 19.3 Å². The minimum Gasteiger partial charge on any atom is -0.296 e. The van der Waals surface area contributed by atoms with Crippen molar-refractivity contribution in [1.82, 2.24) is 9.78 Å². The molecule has 1 aromatic carbocycles. The van der Waals surface area contributed by atoms with E-state index in [1.807, 2.05) is 0 Å². The maximum absolute atomic E-state index is 12.8. The van der Waals surface area contributed by atoms with Gasteiger partial charge in [-0.3, -0.25) is 4.79 Å². The summed E-state index contributed by atoms with van der Waals surface area (Å²) in [5.41, 5.74) is -0.0129. The van der Waals surface area contributed by atoms with Crippen molar-refractivity contribution in [2.75, 3.05) is 0 Å². The van der Waals surface area contributed by atoms with Crippen LogP contribution in [-0.2, 0) is 6.18 Å². The molecule has 0 aliphatic heterocycles. The first-order valence-corrected chi connectivity index (χ1v) is 8.88. The lowest BCUT2D eigenvalue weighted by molar-refractivity contribution is -0.137. The predicted molar refractivity (Wildman–Crippen MR) is 91.9 cm³/mol. The average molecular weight is 507 g/mol. The standard InChI is InChI=1S/C14H7Br2Cl2F3N2O/c15-13(16)3-8(13)7-4-23(22-11(7)5-24)12-9(17)1-6(2-10(12)18)14(19,20)21/h1-2,4-5,8H,3H2. The molecule has 0 spiro atoms. The highest BCUT2D eigenvalue weighted by molar-refractivity contribution is 9.25. The molecule has 1 fully saturated rings. The molecular weight excluding hydrogens is 500 g/mol. The molecule has 0 bridgehead atoms. The molecule has 0 saturated heterocycles. The van der Waals surface area contributed by atoms with E-state index in [0.29, 0.717) is 11.8 Å². The Morgan fingerprint density at radius 2 is 1.83 bits per heavy atom. The van der Waals surface area contributed by atoms with Gasteiger partial charge in [0.15, 0.2) is 6.29 Å². The summed E-state index contributed by atoms with van der Waals surface area (Å²) in [6.07, 6.45) is -1.67. The maximum Gasteiger partial charge on any atom is 0.416 e. The minimum atomic E-state index is -4.56. The van der Waals surface area contributed by atoms with Gasteiger partial charge in [0.05, 0.1) is 18.8 Å². The molecule has 0 N–H and O–H groups in total. The zero-order valence-corrected chi connectivity index (χ0v) is 16.2. The molecule has 1 aliphatic rings. The van der Waals surface area contributed by atoms with Gasteiger partial charge in [-0.25, -0.2) is 4.68 Å². The molecule has 0 amide bonds. The van der Waals surface area contributed by atoms with E-state index in [2.05, 4.69) is 37.0 Å². The molecule has 3 rings (SSSR count). The van der Waals surface area contributed by atoms with Crippen LogP contribution in [0.25, 0.3) is 5.69 Å². The zero-order chi connectivity index (χ0) is 17.9. The lowest BCUT2D eigenvalue weighted by Gasteiger charge is -2.12. The van der Waals surface area contributed by atoms with Crippen molar-refractivity contribution < 1.29 is 18.0 Å². The van der Waals surface area contributed by atoms with Crippen molar-refractivity contribution in [2.24, 2.45) is 0 Å². The molecule has 24 heavy (non-hydrogen) atoms. The second-order valence-corrected chi connectivity index (χ2v) is 10.0. The van der Waals surface area contributed by atoms with Crippen LogP contribution >= 0.6 is 55.1 Å². The summed E-state index contributed by atoms with van der Waals surface area (Å²) in [6.45, 7) is 0. The predicted octanol–water partition coefficient (Wildman–Crippen LogP) is 5.98. The van der Waals surface area contributed by atoms with Gasteiger partial charge >= 0.3 is 6.18 Å². The summed E-state index contributed by atoms with van der Waals surface area (Å²) < 4.78 is 39.4. The van der Waals surface area contributed by atoms with Crippen molar-refractivity contribution in [2.45, 2.75) is 21.7 Å². The Hall–Kier alpha value is -0.570. The van der Waals surface area contributed by atoms with E-state index in [1.54, 1.807) is 6.20 Å². The van der Waals surface area contributed by atoms with Gasteiger partial charge in [-0.2, -0.15) is 18.3 Å². The highest BCUT2D eigenvalue weighted by Crippen LogP contribution is 2.62. The highest BCUT2D eigenvalue weighted by Gasteiger charge is 2.52. The van der Waals surface area contributed by atoms with Crippen LogP contribution in [0.15, 0.2) is 18.3 Å². The number of rotatable bonds is 3. The van der Waals surface area contributed by atoms with E-state index in [0.717, 1.165) is 18.6 Å². The third-order valence-corrected chi connectivity index (χ3v) is 5.99. The van der Waals surface area contributed by atoms with Crippen LogP contribution in [0.2, 0.25) is 10.0 Å². The number of aldehydes is 1. The van der Waals surface area contributed by atoms with Gasteiger partial charge < -0.3 is 0 Å². The second kappa shape index (κ2) is 6.00. The molecule has 1 saturated carbocycles. The molecule has 2 aromatic rings. The van der Waals surface area contributed by atoms with E-state index in [1.165, 1.54) is 4.68 Å².